The van der Waals surface area contributed by atoms with Crippen LogP contribution in [0.3, 0.4) is 0 Å². The quantitative estimate of drug-likeness (QED) is 0.602. The molecule has 0 aliphatic carbocycles. The van der Waals surface area contributed by atoms with Crippen LogP contribution in [0, 0.1) is 0 Å². The number of carbonyl (C=O) groups excluding carboxylic acids is 1. The highest BCUT2D eigenvalue weighted by atomic mass is 16.5. The molecule has 0 aliphatic rings. The average molecular weight is 258 g/mol. The molecule has 0 saturated heterocycles. The van der Waals surface area contributed by atoms with E-state index in [1.54, 1.807) is 6.08 Å². The molecule has 0 atom stereocenters. The molecule has 0 aliphatic heterocycles. The van der Waals surface area contributed by atoms with Crippen LogP contribution in [-0.2, 0) is 11.3 Å². The highest BCUT2D eigenvalue weighted by molar-refractivity contribution is 5.96. The molecule has 6 heteroatoms. The Morgan fingerprint density at radius 3 is 2.74 bits per heavy atom. The first-order valence-corrected chi connectivity index (χ1v) is 5.71. The SMILES string of the molecule is C=CCOCc1ccc(-c2n[nH]nc2C(N)=O)cc1. The van der Waals surface area contributed by atoms with Crippen LogP contribution in [0.15, 0.2) is 36.9 Å². The molecule has 0 bridgehead atoms. The largest absolute Gasteiger partial charge is 0.373 e. The predicted octanol–water partition coefficient (Wildman–Crippen LogP) is 1.27. The van der Waals surface area contributed by atoms with Gasteiger partial charge in [0.25, 0.3) is 5.91 Å². The maximum Gasteiger partial charge on any atom is 0.271 e. The van der Waals surface area contributed by atoms with Crippen LogP contribution < -0.4 is 5.73 Å². The van der Waals surface area contributed by atoms with Crippen molar-refractivity contribution in [3.63, 3.8) is 0 Å². The van der Waals surface area contributed by atoms with E-state index >= 15 is 0 Å². The van der Waals surface area contributed by atoms with Gasteiger partial charge in [0.05, 0.1) is 13.2 Å². The van der Waals surface area contributed by atoms with Gasteiger partial charge in [-0.15, -0.1) is 6.58 Å². The maximum absolute atomic E-state index is 11.2. The fraction of sp³-hybridized carbons (Fsp3) is 0.154. The van der Waals surface area contributed by atoms with Crippen molar-refractivity contribution in [1.29, 1.82) is 0 Å². The minimum atomic E-state index is -0.609. The Kier molecular flexibility index (Phi) is 4.04. The second kappa shape index (κ2) is 5.92. The second-order valence-corrected chi connectivity index (χ2v) is 3.89. The third kappa shape index (κ3) is 3.05. The van der Waals surface area contributed by atoms with Crippen molar-refractivity contribution in [1.82, 2.24) is 15.4 Å². The van der Waals surface area contributed by atoms with Crippen LogP contribution in [0.25, 0.3) is 11.3 Å². The Hall–Kier alpha value is -2.47. The summed E-state index contributed by atoms with van der Waals surface area (Å²) in [5.41, 5.74) is 7.60. The van der Waals surface area contributed by atoms with Crippen molar-refractivity contribution in [3.8, 4) is 11.3 Å². The number of nitrogens with one attached hydrogen (secondary N) is 1. The highest BCUT2D eigenvalue weighted by Gasteiger charge is 2.14. The summed E-state index contributed by atoms with van der Waals surface area (Å²) < 4.78 is 5.34. The summed E-state index contributed by atoms with van der Waals surface area (Å²) in [4.78, 5) is 11.2. The van der Waals surface area contributed by atoms with Crippen molar-refractivity contribution >= 4 is 5.91 Å². The number of nitrogens with two attached hydrogens (primary N) is 1. The molecule has 1 amide bonds. The van der Waals surface area contributed by atoms with Gasteiger partial charge in [0.1, 0.15) is 5.69 Å². The van der Waals surface area contributed by atoms with Gasteiger partial charge in [-0.2, -0.15) is 15.4 Å². The van der Waals surface area contributed by atoms with Gasteiger partial charge < -0.3 is 10.5 Å². The van der Waals surface area contributed by atoms with Gasteiger partial charge in [-0.05, 0) is 5.56 Å². The molecule has 3 N–H and O–H groups in total. The minimum Gasteiger partial charge on any atom is -0.373 e. The summed E-state index contributed by atoms with van der Waals surface area (Å²) in [6.07, 6.45) is 1.70. The van der Waals surface area contributed by atoms with E-state index in [0.717, 1.165) is 11.1 Å². The monoisotopic (exact) mass is 258 g/mol. The molecule has 19 heavy (non-hydrogen) atoms. The van der Waals surface area contributed by atoms with Crippen LogP contribution in [-0.4, -0.2) is 27.9 Å². The van der Waals surface area contributed by atoms with Crippen molar-refractivity contribution < 1.29 is 9.53 Å². The van der Waals surface area contributed by atoms with Crippen molar-refractivity contribution in [2.45, 2.75) is 6.61 Å². The first-order valence-electron chi connectivity index (χ1n) is 5.71. The van der Waals surface area contributed by atoms with E-state index in [4.69, 9.17) is 10.5 Å². The Labute approximate surface area is 110 Å². The first-order chi connectivity index (χ1) is 9.22. The molecule has 2 rings (SSSR count). The second-order valence-electron chi connectivity index (χ2n) is 3.89. The lowest BCUT2D eigenvalue weighted by molar-refractivity contribution is 0.0996. The lowest BCUT2D eigenvalue weighted by Gasteiger charge is -2.03. The summed E-state index contributed by atoms with van der Waals surface area (Å²) >= 11 is 0. The van der Waals surface area contributed by atoms with Crippen LogP contribution in [0.4, 0.5) is 0 Å². The number of carbonyl (C=O) groups is 1. The topological polar surface area (TPSA) is 93.9 Å². The number of H-pyrrole nitrogens is 1. The van der Waals surface area contributed by atoms with E-state index in [-0.39, 0.29) is 5.69 Å². The molecule has 1 aromatic heterocycles. The summed E-state index contributed by atoms with van der Waals surface area (Å²) in [5.74, 6) is -0.609. The molecular formula is C13H14N4O2. The maximum atomic E-state index is 11.2. The third-order valence-electron chi connectivity index (χ3n) is 2.51. The number of primary amides is 1. The number of aromatic nitrogens is 3. The number of hydrogen-bond donors (Lipinski definition) is 2. The van der Waals surface area contributed by atoms with E-state index < -0.39 is 5.91 Å². The van der Waals surface area contributed by atoms with Gasteiger partial charge in [-0.3, -0.25) is 4.79 Å². The van der Waals surface area contributed by atoms with Crippen LogP contribution in [0.1, 0.15) is 16.1 Å². The zero-order valence-corrected chi connectivity index (χ0v) is 10.3. The molecule has 98 valence electrons. The number of amides is 1. The number of rotatable bonds is 6. The normalized spacial score (nSPS) is 10.3. The lowest BCUT2D eigenvalue weighted by Crippen LogP contribution is -2.12. The smallest absolute Gasteiger partial charge is 0.271 e. The van der Waals surface area contributed by atoms with E-state index in [9.17, 15) is 4.79 Å². The van der Waals surface area contributed by atoms with E-state index in [2.05, 4.69) is 22.0 Å². The molecule has 0 radical (unpaired) electrons. The molecule has 0 spiro atoms. The van der Waals surface area contributed by atoms with Crippen LogP contribution >= 0.6 is 0 Å². The van der Waals surface area contributed by atoms with Gasteiger partial charge in [0.15, 0.2) is 5.69 Å². The Bertz CT molecular complexity index is 575. The summed E-state index contributed by atoms with van der Waals surface area (Å²) in [7, 11) is 0. The molecule has 0 fully saturated rings. The number of hydrogen-bond acceptors (Lipinski definition) is 4. The molecule has 2 aromatic rings. The summed E-state index contributed by atoms with van der Waals surface area (Å²) in [6, 6.07) is 7.49. The molecule has 0 saturated carbocycles. The molecule has 1 heterocycles. The molecular weight excluding hydrogens is 244 g/mol. The van der Waals surface area contributed by atoms with E-state index in [1.165, 1.54) is 0 Å². The Morgan fingerprint density at radius 1 is 1.37 bits per heavy atom. The van der Waals surface area contributed by atoms with Crippen molar-refractivity contribution in [2.24, 2.45) is 5.73 Å². The van der Waals surface area contributed by atoms with Gasteiger partial charge in [0, 0.05) is 5.56 Å². The van der Waals surface area contributed by atoms with Gasteiger partial charge in [0.2, 0.25) is 0 Å². The molecule has 0 unspecified atom stereocenters. The lowest BCUT2D eigenvalue weighted by atomic mass is 10.1. The zero-order chi connectivity index (χ0) is 13.7. The fourth-order valence-corrected chi connectivity index (χ4v) is 1.62. The van der Waals surface area contributed by atoms with E-state index in [1.807, 2.05) is 24.3 Å². The van der Waals surface area contributed by atoms with Crippen molar-refractivity contribution in [3.05, 3.63) is 48.2 Å². The van der Waals surface area contributed by atoms with Crippen molar-refractivity contribution in [2.75, 3.05) is 6.61 Å². The van der Waals surface area contributed by atoms with E-state index in [0.29, 0.717) is 18.9 Å². The third-order valence-corrected chi connectivity index (χ3v) is 2.51. The summed E-state index contributed by atoms with van der Waals surface area (Å²) in [6.45, 7) is 4.60. The highest BCUT2D eigenvalue weighted by Crippen LogP contribution is 2.20. The zero-order valence-electron chi connectivity index (χ0n) is 10.3. The molecule has 1 aromatic carbocycles. The Morgan fingerprint density at radius 2 is 2.11 bits per heavy atom. The van der Waals surface area contributed by atoms with Gasteiger partial charge >= 0.3 is 0 Å². The summed E-state index contributed by atoms with van der Waals surface area (Å²) in [5, 5.41) is 10.1. The number of ether oxygens (including phenoxy) is 1. The molecule has 6 nitrogen and oxygen atoms in total. The Balaban J connectivity index is 2.15. The standard InChI is InChI=1S/C13H14N4O2/c1-2-7-19-8-9-3-5-10(6-4-9)11-12(13(14)18)16-17-15-11/h2-6H,1,7-8H2,(H2,14,18)(H,15,16,17). The van der Waals surface area contributed by atoms with Crippen LogP contribution in [0.2, 0.25) is 0 Å². The van der Waals surface area contributed by atoms with Gasteiger partial charge in [-0.1, -0.05) is 30.3 Å². The first kappa shape index (κ1) is 13.0. The van der Waals surface area contributed by atoms with Crippen LogP contribution in [0.5, 0.6) is 0 Å². The number of aromatic amines is 1. The fourth-order valence-electron chi connectivity index (χ4n) is 1.62. The average Bonchev–Trinajstić information content (AvgIpc) is 2.89. The predicted molar refractivity (Wildman–Crippen MR) is 70.2 cm³/mol. The number of nitrogens with zero attached hydrogens (tertiary/aromatic N) is 2. The number of benzene rings is 1. The van der Waals surface area contributed by atoms with Gasteiger partial charge in [-0.25, -0.2) is 0 Å². The minimum absolute atomic E-state index is 0.135.